The Hall–Kier alpha value is -2.66. The summed E-state index contributed by atoms with van der Waals surface area (Å²) in [6.07, 6.45) is 3.27. The Morgan fingerprint density at radius 1 is 1.23 bits per heavy atom. The van der Waals surface area contributed by atoms with Gasteiger partial charge in [-0.25, -0.2) is 4.98 Å². The SMILES string of the molecule is COc1ccc2nc(NC(=O)/C=C\c3ccccc3)sc2c1. The minimum atomic E-state index is -0.199. The van der Waals surface area contributed by atoms with Crippen molar-refractivity contribution in [1.82, 2.24) is 4.98 Å². The highest BCUT2D eigenvalue weighted by Gasteiger charge is 2.06. The summed E-state index contributed by atoms with van der Waals surface area (Å²) < 4.78 is 6.15. The summed E-state index contributed by atoms with van der Waals surface area (Å²) in [6.45, 7) is 0. The highest BCUT2D eigenvalue weighted by Crippen LogP contribution is 2.29. The Morgan fingerprint density at radius 2 is 2.05 bits per heavy atom. The lowest BCUT2D eigenvalue weighted by molar-refractivity contribution is -0.111. The number of anilines is 1. The average Bonchev–Trinajstić information content (AvgIpc) is 2.95. The van der Waals surface area contributed by atoms with Crippen LogP contribution >= 0.6 is 11.3 Å². The van der Waals surface area contributed by atoms with Crippen LogP contribution in [0.4, 0.5) is 5.13 Å². The Labute approximate surface area is 132 Å². The van der Waals surface area contributed by atoms with E-state index in [2.05, 4.69) is 10.3 Å². The molecule has 1 heterocycles. The molecule has 0 atom stereocenters. The number of nitrogens with zero attached hydrogens (tertiary/aromatic N) is 1. The quantitative estimate of drug-likeness (QED) is 0.742. The first-order valence-electron chi connectivity index (χ1n) is 6.73. The number of hydrogen-bond donors (Lipinski definition) is 1. The Morgan fingerprint density at radius 3 is 2.82 bits per heavy atom. The van der Waals surface area contributed by atoms with Crippen LogP contribution in [-0.2, 0) is 4.79 Å². The standard InChI is InChI=1S/C17H14N2O2S/c1-21-13-8-9-14-15(11-13)22-17(18-14)19-16(20)10-7-12-5-3-2-4-6-12/h2-11H,1H3,(H,18,19,20)/b10-7-. The molecule has 4 nitrogen and oxygen atoms in total. The molecule has 0 unspecified atom stereocenters. The number of fused-ring (bicyclic) bond motifs is 1. The van der Waals surface area contributed by atoms with Gasteiger partial charge in [0.05, 0.1) is 17.3 Å². The molecule has 0 aliphatic carbocycles. The van der Waals surface area contributed by atoms with Crippen LogP contribution in [0, 0.1) is 0 Å². The molecule has 0 aliphatic heterocycles. The van der Waals surface area contributed by atoms with E-state index in [-0.39, 0.29) is 5.91 Å². The molecule has 110 valence electrons. The number of nitrogens with one attached hydrogen (secondary N) is 1. The molecule has 0 saturated heterocycles. The van der Waals surface area contributed by atoms with Gasteiger partial charge < -0.3 is 4.74 Å². The number of rotatable bonds is 4. The van der Waals surface area contributed by atoms with Gasteiger partial charge >= 0.3 is 0 Å². The molecular formula is C17H14N2O2S. The number of methoxy groups -OCH3 is 1. The first-order chi connectivity index (χ1) is 10.7. The second-order valence-corrected chi connectivity index (χ2v) is 5.62. The smallest absolute Gasteiger partial charge is 0.250 e. The van der Waals surface area contributed by atoms with E-state index in [1.165, 1.54) is 17.4 Å². The van der Waals surface area contributed by atoms with Crippen LogP contribution in [0.3, 0.4) is 0 Å². The third kappa shape index (κ3) is 3.32. The first kappa shape index (κ1) is 14.3. The van der Waals surface area contributed by atoms with Gasteiger partial charge in [-0.3, -0.25) is 10.1 Å². The number of carbonyl (C=O) groups is 1. The van der Waals surface area contributed by atoms with Crippen LogP contribution in [0.1, 0.15) is 5.56 Å². The fourth-order valence-electron chi connectivity index (χ4n) is 1.97. The van der Waals surface area contributed by atoms with Gasteiger partial charge in [0, 0.05) is 6.08 Å². The molecule has 1 amide bonds. The van der Waals surface area contributed by atoms with Crippen molar-refractivity contribution < 1.29 is 9.53 Å². The predicted octanol–water partition coefficient (Wildman–Crippen LogP) is 3.96. The number of amides is 1. The van der Waals surface area contributed by atoms with E-state index in [4.69, 9.17) is 4.74 Å². The van der Waals surface area contributed by atoms with Gasteiger partial charge in [-0.2, -0.15) is 0 Å². The van der Waals surface area contributed by atoms with Crippen molar-refractivity contribution in [2.45, 2.75) is 0 Å². The fourth-order valence-corrected chi connectivity index (χ4v) is 2.87. The molecule has 3 aromatic rings. The lowest BCUT2D eigenvalue weighted by Gasteiger charge is -1.96. The van der Waals surface area contributed by atoms with Crippen molar-refractivity contribution in [3.63, 3.8) is 0 Å². The van der Waals surface area contributed by atoms with Crippen molar-refractivity contribution in [2.75, 3.05) is 12.4 Å². The summed E-state index contributed by atoms with van der Waals surface area (Å²) in [5.74, 6) is 0.577. The van der Waals surface area contributed by atoms with Gasteiger partial charge in [0.2, 0.25) is 5.91 Å². The van der Waals surface area contributed by atoms with Crippen LogP contribution in [0.15, 0.2) is 54.6 Å². The normalized spacial score (nSPS) is 11.0. The third-order valence-corrected chi connectivity index (χ3v) is 3.99. The van der Waals surface area contributed by atoms with Crippen molar-refractivity contribution >= 4 is 38.7 Å². The molecule has 0 bridgehead atoms. The monoisotopic (exact) mass is 310 g/mol. The number of ether oxygens (including phenoxy) is 1. The predicted molar refractivity (Wildman–Crippen MR) is 90.3 cm³/mol. The Kier molecular flexibility index (Phi) is 4.16. The van der Waals surface area contributed by atoms with Crippen LogP contribution < -0.4 is 10.1 Å². The lowest BCUT2D eigenvalue weighted by Crippen LogP contribution is -2.07. The van der Waals surface area contributed by atoms with Crippen LogP contribution in [0.2, 0.25) is 0 Å². The zero-order valence-corrected chi connectivity index (χ0v) is 12.8. The minimum absolute atomic E-state index is 0.199. The first-order valence-corrected chi connectivity index (χ1v) is 7.55. The Bertz CT molecular complexity index is 825. The molecular weight excluding hydrogens is 296 g/mol. The molecule has 0 spiro atoms. The largest absolute Gasteiger partial charge is 0.497 e. The second kappa shape index (κ2) is 6.41. The average molecular weight is 310 g/mol. The molecule has 22 heavy (non-hydrogen) atoms. The summed E-state index contributed by atoms with van der Waals surface area (Å²) >= 11 is 1.42. The van der Waals surface area contributed by atoms with Gasteiger partial charge in [0.1, 0.15) is 5.75 Å². The number of carbonyl (C=O) groups excluding carboxylic acids is 1. The van der Waals surface area contributed by atoms with Crippen molar-refractivity contribution in [3.05, 3.63) is 60.2 Å². The number of hydrogen-bond acceptors (Lipinski definition) is 4. The molecule has 1 aromatic heterocycles. The Balaban J connectivity index is 1.72. The molecule has 0 fully saturated rings. The topological polar surface area (TPSA) is 51.2 Å². The van der Waals surface area contributed by atoms with E-state index < -0.39 is 0 Å². The summed E-state index contributed by atoms with van der Waals surface area (Å²) in [7, 11) is 1.62. The van der Waals surface area contributed by atoms with Gasteiger partial charge in [0.25, 0.3) is 0 Å². The lowest BCUT2D eigenvalue weighted by atomic mass is 10.2. The third-order valence-electron chi connectivity index (χ3n) is 3.05. The van der Waals surface area contributed by atoms with E-state index in [0.29, 0.717) is 5.13 Å². The van der Waals surface area contributed by atoms with Crippen molar-refractivity contribution in [3.8, 4) is 5.75 Å². The molecule has 0 radical (unpaired) electrons. The molecule has 2 aromatic carbocycles. The maximum absolute atomic E-state index is 11.9. The summed E-state index contributed by atoms with van der Waals surface area (Å²) in [6, 6.07) is 15.3. The second-order valence-electron chi connectivity index (χ2n) is 4.59. The van der Waals surface area contributed by atoms with Crippen LogP contribution in [0.5, 0.6) is 5.75 Å². The van der Waals surface area contributed by atoms with Crippen molar-refractivity contribution in [1.29, 1.82) is 0 Å². The highest BCUT2D eigenvalue weighted by molar-refractivity contribution is 7.22. The zero-order chi connectivity index (χ0) is 15.4. The highest BCUT2D eigenvalue weighted by atomic mass is 32.1. The maximum atomic E-state index is 11.9. The summed E-state index contributed by atoms with van der Waals surface area (Å²) in [5, 5.41) is 3.35. The van der Waals surface area contributed by atoms with Gasteiger partial charge in [-0.15, -0.1) is 0 Å². The van der Waals surface area contributed by atoms with Gasteiger partial charge in [0.15, 0.2) is 5.13 Å². The number of aromatic nitrogens is 1. The molecule has 5 heteroatoms. The molecule has 0 saturated carbocycles. The van der Waals surface area contributed by atoms with Gasteiger partial charge in [-0.05, 0) is 29.8 Å². The number of benzene rings is 2. The van der Waals surface area contributed by atoms with E-state index in [1.807, 2.05) is 48.5 Å². The number of thiazole rings is 1. The molecule has 1 N–H and O–H groups in total. The van der Waals surface area contributed by atoms with Crippen LogP contribution in [0.25, 0.3) is 16.3 Å². The summed E-state index contributed by atoms with van der Waals surface area (Å²) in [4.78, 5) is 16.3. The van der Waals surface area contributed by atoms with Gasteiger partial charge in [-0.1, -0.05) is 41.7 Å². The summed E-state index contributed by atoms with van der Waals surface area (Å²) in [5.41, 5.74) is 1.82. The van der Waals surface area contributed by atoms with Crippen LogP contribution in [-0.4, -0.2) is 18.0 Å². The van der Waals surface area contributed by atoms with E-state index in [9.17, 15) is 4.79 Å². The minimum Gasteiger partial charge on any atom is -0.497 e. The van der Waals surface area contributed by atoms with E-state index in [1.54, 1.807) is 13.2 Å². The fraction of sp³-hybridized carbons (Fsp3) is 0.0588. The van der Waals surface area contributed by atoms with E-state index >= 15 is 0 Å². The molecule has 0 aliphatic rings. The van der Waals surface area contributed by atoms with E-state index in [0.717, 1.165) is 21.5 Å². The van der Waals surface area contributed by atoms with Crippen molar-refractivity contribution in [2.24, 2.45) is 0 Å². The molecule has 3 rings (SSSR count). The maximum Gasteiger partial charge on any atom is 0.250 e. The zero-order valence-electron chi connectivity index (χ0n) is 11.9.